The molecule has 1 N–H and O–H groups in total. The fourth-order valence-corrected chi connectivity index (χ4v) is 3.06. The van der Waals surface area contributed by atoms with Gasteiger partial charge in [0.15, 0.2) is 4.77 Å². The van der Waals surface area contributed by atoms with Crippen molar-refractivity contribution >= 4 is 41.6 Å². The summed E-state index contributed by atoms with van der Waals surface area (Å²) in [5.74, 6) is -0.0519. The normalized spacial score (nSPS) is 20.1. The molecular weight excluding hydrogens is 333 g/mol. The van der Waals surface area contributed by atoms with E-state index in [1.165, 1.54) is 15.3 Å². The standard InChI is InChI=1S/C13H17Cl2N3O2S/c1-3-17-10(19)9(11(20)18(4-2)12(17)21)7-16-6-8-5-13(8,14)15/h7-8,19H,3-6H2,1-2H3/t8-/m0/s1. The first-order valence-corrected chi connectivity index (χ1v) is 7.94. The van der Waals surface area contributed by atoms with Gasteiger partial charge in [-0.05, 0) is 32.5 Å². The van der Waals surface area contributed by atoms with E-state index in [0.29, 0.717) is 30.8 Å². The molecule has 1 aliphatic rings. The van der Waals surface area contributed by atoms with E-state index >= 15 is 0 Å². The predicted octanol–water partition coefficient (Wildman–Crippen LogP) is 2.74. The van der Waals surface area contributed by atoms with E-state index in [1.807, 2.05) is 13.8 Å². The van der Waals surface area contributed by atoms with Crippen LogP contribution >= 0.6 is 35.4 Å². The number of nitrogens with zero attached hydrogens (tertiary/aromatic N) is 3. The summed E-state index contributed by atoms with van der Waals surface area (Å²) in [6.07, 6.45) is 2.08. The summed E-state index contributed by atoms with van der Waals surface area (Å²) < 4.78 is 2.55. The van der Waals surface area contributed by atoms with E-state index in [4.69, 9.17) is 35.4 Å². The van der Waals surface area contributed by atoms with E-state index < -0.39 is 4.33 Å². The fraction of sp³-hybridized carbons (Fsp3) is 0.615. The van der Waals surface area contributed by atoms with Crippen molar-refractivity contribution in [3.05, 3.63) is 20.7 Å². The van der Waals surface area contributed by atoms with Crippen LogP contribution in [0.15, 0.2) is 9.79 Å². The van der Waals surface area contributed by atoms with Crippen molar-refractivity contribution in [1.82, 2.24) is 9.13 Å². The molecule has 1 aromatic rings. The zero-order valence-corrected chi connectivity index (χ0v) is 14.2. The Morgan fingerprint density at radius 2 is 2.00 bits per heavy atom. The monoisotopic (exact) mass is 349 g/mol. The maximum Gasteiger partial charge on any atom is 0.267 e. The zero-order valence-electron chi connectivity index (χ0n) is 11.8. The van der Waals surface area contributed by atoms with E-state index in [2.05, 4.69) is 4.99 Å². The molecular formula is C13H17Cl2N3O2S. The molecule has 1 aromatic heterocycles. The number of rotatable bonds is 5. The molecule has 2 rings (SSSR count). The number of aromatic hydroxyl groups is 1. The summed E-state index contributed by atoms with van der Waals surface area (Å²) in [4.78, 5) is 16.5. The third-order valence-corrected chi connectivity index (χ3v) is 4.93. The number of hydrogen-bond acceptors (Lipinski definition) is 4. The van der Waals surface area contributed by atoms with E-state index in [-0.39, 0.29) is 22.9 Å². The van der Waals surface area contributed by atoms with Gasteiger partial charge >= 0.3 is 0 Å². The molecule has 0 amide bonds. The van der Waals surface area contributed by atoms with Crippen LogP contribution in [0.25, 0.3) is 0 Å². The number of halogens is 2. The Kier molecular flexibility index (Phi) is 4.80. The molecule has 1 heterocycles. The second-order valence-electron chi connectivity index (χ2n) is 4.97. The fourth-order valence-electron chi connectivity index (χ4n) is 2.13. The van der Waals surface area contributed by atoms with Gasteiger partial charge in [-0.15, -0.1) is 23.2 Å². The number of aliphatic imine (C=N–C) groups is 1. The third kappa shape index (κ3) is 3.17. The van der Waals surface area contributed by atoms with Crippen LogP contribution in [0.4, 0.5) is 0 Å². The van der Waals surface area contributed by atoms with Crippen LogP contribution in [0.5, 0.6) is 5.88 Å². The highest BCUT2D eigenvalue weighted by atomic mass is 35.5. The Balaban J connectivity index is 2.37. The van der Waals surface area contributed by atoms with Crippen molar-refractivity contribution in [3.63, 3.8) is 0 Å². The van der Waals surface area contributed by atoms with E-state index in [1.54, 1.807) is 0 Å². The van der Waals surface area contributed by atoms with Gasteiger partial charge in [0, 0.05) is 31.8 Å². The minimum atomic E-state index is -0.698. The molecule has 5 nitrogen and oxygen atoms in total. The molecule has 0 saturated heterocycles. The van der Waals surface area contributed by atoms with E-state index in [9.17, 15) is 9.90 Å². The maximum atomic E-state index is 12.3. The Labute approximate surface area is 137 Å². The van der Waals surface area contributed by atoms with Gasteiger partial charge in [-0.1, -0.05) is 0 Å². The SMILES string of the molecule is CCn1c(O)c(C=NC[C@@H]2CC2(Cl)Cl)c(=O)n(CC)c1=S. The lowest BCUT2D eigenvalue weighted by Crippen LogP contribution is -2.28. The number of aromatic nitrogens is 2. The van der Waals surface area contributed by atoms with Gasteiger partial charge in [-0.3, -0.25) is 18.9 Å². The largest absolute Gasteiger partial charge is 0.494 e. The van der Waals surface area contributed by atoms with Crippen molar-refractivity contribution in [3.8, 4) is 5.88 Å². The minimum absolute atomic E-state index is 0.101. The van der Waals surface area contributed by atoms with Crippen molar-refractivity contribution in [1.29, 1.82) is 0 Å². The lowest BCUT2D eigenvalue weighted by molar-refractivity contribution is 0.399. The molecule has 1 aliphatic carbocycles. The molecule has 1 saturated carbocycles. The topological polar surface area (TPSA) is 59.5 Å². The summed E-state index contributed by atoms with van der Waals surface area (Å²) in [6.45, 7) is 5.02. The Hall–Kier alpha value is -0.850. The highest BCUT2D eigenvalue weighted by Gasteiger charge is 2.51. The molecule has 0 radical (unpaired) electrons. The van der Waals surface area contributed by atoms with Crippen LogP contribution < -0.4 is 5.56 Å². The van der Waals surface area contributed by atoms with Gasteiger partial charge in [0.1, 0.15) is 9.90 Å². The highest BCUT2D eigenvalue weighted by molar-refractivity contribution is 7.71. The van der Waals surface area contributed by atoms with Gasteiger partial charge in [-0.2, -0.15) is 0 Å². The minimum Gasteiger partial charge on any atom is -0.494 e. The molecule has 1 fully saturated rings. The van der Waals surface area contributed by atoms with Crippen LogP contribution in [0.3, 0.4) is 0 Å². The summed E-state index contributed by atoms with van der Waals surface area (Å²) in [5, 5.41) is 10.2. The lowest BCUT2D eigenvalue weighted by atomic mass is 10.3. The first kappa shape index (κ1) is 16.5. The summed E-state index contributed by atoms with van der Waals surface area (Å²) >= 11 is 17.1. The number of alkyl halides is 2. The van der Waals surface area contributed by atoms with Gasteiger partial charge in [0.2, 0.25) is 5.88 Å². The molecule has 0 spiro atoms. The molecule has 0 bridgehead atoms. The maximum absolute atomic E-state index is 12.3. The Morgan fingerprint density at radius 3 is 2.48 bits per heavy atom. The summed E-state index contributed by atoms with van der Waals surface area (Å²) in [5.41, 5.74) is -0.199. The van der Waals surface area contributed by atoms with Crippen molar-refractivity contribution in [2.45, 2.75) is 37.7 Å². The average molecular weight is 350 g/mol. The molecule has 21 heavy (non-hydrogen) atoms. The molecule has 0 aromatic carbocycles. The van der Waals surface area contributed by atoms with Crippen molar-refractivity contribution < 1.29 is 5.11 Å². The van der Waals surface area contributed by atoms with Crippen LogP contribution in [-0.2, 0) is 13.1 Å². The van der Waals surface area contributed by atoms with Gasteiger partial charge in [0.05, 0.1) is 0 Å². The van der Waals surface area contributed by atoms with Gasteiger partial charge < -0.3 is 5.11 Å². The van der Waals surface area contributed by atoms with Crippen molar-refractivity contribution in [2.24, 2.45) is 10.9 Å². The van der Waals surface area contributed by atoms with Gasteiger partial charge in [0.25, 0.3) is 5.56 Å². The highest BCUT2D eigenvalue weighted by Crippen LogP contribution is 2.53. The molecule has 0 unspecified atom stereocenters. The first-order chi connectivity index (χ1) is 9.83. The van der Waals surface area contributed by atoms with Crippen molar-refractivity contribution in [2.75, 3.05) is 6.54 Å². The van der Waals surface area contributed by atoms with Crippen LogP contribution in [0, 0.1) is 10.7 Å². The second-order valence-corrected chi connectivity index (χ2v) is 6.88. The Morgan fingerprint density at radius 1 is 1.43 bits per heavy atom. The first-order valence-electron chi connectivity index (χ1n) is 6.77. The van der Waals surface area contributed by atoms with Crippen LogP contribution in [0.1, 0.15) is 25.8 Å². The number of hydrogen-bond donors (Lipinski definition) is 1. The second kappa shape index (κ2) is 6.10. The third-order valence-electron chi connectivity index (χ3n) is 3.57. The van der Waals surface area contributed by atoms with Gasteiger partial charge in [-0.25, -0.2) is 0 Å². The lowest BCUT2D eigenvalue weighted by Gasteiger charge is -2.13. The molecule has 116 valence electrons. The quantitative estimate of drug-likeness (QED) is 0.505. The van der Waals surface area contributed by atoms with Crippen LogP contribution in [-0.4, -0.2) is 31.3 Å². The Bertz CT molecular complexity index is 694. The average Bonchev–Trinajstić information content (AvgIpc) is 3.02. The van der Waals surface area contributed by atoms with Crippen LogP contribution in [0.2, 0.25) is 0 Å². The molecule has 0 aliphatic heterocycles. The summed E-state index contributed by atoms with van der Waals surface area (Å²) in [6, 6.07) is 0. The smallest absolute Gasteiger partial charge is 0.267 e. The molecule has 1 atom stereocenters. The zero-order chi connectivity index (χ0) is 15.8. The molecule has 8 heteroatoms. The predicted molar refractivity (Wildman–Crippen MR) is 87.5 cm³/mol. The van der Waals surface area contributed by atoms with E-state index in [0.717, 1.165) is 0 Å². The summed E-state index contributed by atoms with van der Waals surface area (Å²) in [7, 11) is 0.